The predicted octanol–water partition coefficient (Wildman–Crippen LogP) is 3.68. The molecule has 0 spiro atoms. The lowest BCUT2D eigenvalue weighted by molar-refractivity contribution is -0.116. The summed E-state index contributed by atoms with van der Waals surface area (Å²) < 4.78 is 0. The number of anilines is 3. The SMILES string of the molecule is CCCC(=O)Nc1ccc(N(CC)c2cccc(C)c2)nn1. The molecule has 1 N–H and O–H groups in total. The number of aryl methyl sites for hydroxylation is 1. The van der Waals surface area contributed by atoms with Crippen molar-refractivity contribution >= 4 is 23.2 Å². The summed E-state index contributed by atoms with van der Waals surface area (Å²) in [6.45, 7) is 6.89. The van der Waals surface area contributed by atoms with Crippen LogP contribution < -0.4 is 10.2 Å². The largest absolute Gasteiger partial charge is 0.325 e. The topological polar surface area (TPSA) is 58.1 Å². The third-order valence-electron chi connectivity index (χ3n) is 3.30. The number of rotatable bonds is 6. The molecule has 116 valence electrons. The minimum absolute atomic E-state index is 0.0319. The molecule has 5 heteroatoms. The van der Waals surface area contributed by atoms with Gasteiger partial charge in [0.25, 0.3) is 0 Å². The van der Waals surface area contributed by atoms with Gasteiger partial charge in [-0.05, 0) is 50.1 Å². The standard InChI is InChI=1S/C17H22N4O/c1-4-7-17(22)18-15-10-11-16(20-19-15)21(5-2)14-9-6-8-13(3)12-14/h6,8-12H,4-5,7H2,1-3H3,(H,18,19,22). The third-order valence-corrected chi connectivity index (χ3v) is 3.30. The maximum atomic E-state index is 11.6. The van der Waals surface area contributed by atoms with E-state index in [4.69, 9.17) is 0 Å². The monoisotopic (exact) mass is 298 g/mol. The maximum absolute atomic E-state index is 11.6. The molecule has 0 saturated heterocycles. The molecule has 0 atom stereocenters. The molecule has 0 aliphatic heterocycles. The van der Waals surface area contributed by atoms with Crippen LogP contribution in [0.3, 0.4) is 0 Å². The normalized spacial score (nSPS) is 10.3. The van der Waals surface area contributed by atoms with Crippen molar-refractivity contribution < 1.29 is 4.79 Å². The van der Waals surface area contributed by atoms with Gasteiger partial charge in [0.2, 0.25) is 5.91 Å². The summed E-state index contributed by atoms with van der Waals surface area (Å²) >= 11 is 0. The first-order valence-electron chi connectivity index (χ1n) is 7.61. The Hall–Kier alpha value is -2.43. The fourth-order valence-electron chi connectivity index (χ4n) is 2.24. The molecule has 0 saturated carbocycles. The number of nitrogens with one attached hydrogen (secondary N) is 1. The molecule has 0 aliphatic rings. The molecular formula is C17H22N4O. The van der Waals surface area contributed by atoms with Gasteiger partial charge in [0.15, 0.2) is 11.6 Å². The van der Waals surface area contributed by atoms with Crippen molar-refractivity contribution in [3.05, 3.63) is 42.0 Å². The molecule has 0 fully saturated rings. The maximum Gasteiger partial charge on any atom is 0.225 e. The van der Waals surface area contributed by atoms with Crippen molar-refractivity contribution in [2.75, 3.05) is 16.8 Å². The number of carbonyl (C=O) groups is 1. The van der Waals surface area contributed by atoms with E-state index in [0.29, 0.717) is 12.2 Å². The molecule has 5 nitrogen and oxygen atoms in total. The fraction of sp³-hybridized carbons (Fsp3) is 0.353. The summed E-state index contributed by atoms with van der Waals surface area (Å²) in [6.07, 6.45) is 1.31. The average molecular weight is 298 g/mol. The van der Waals surface area contributed by atoms with Gasteiger partial charge in [-0.3, -0.25) is 4.79 Å². The highest BCUT2D eigenvalue weighted by Gasteiger charge is 2.10. The summed E-state index contributed by atoms with van der Waals surface area (Å²) in [7, 11) is 0. The first kappa shape index (κ1) is 15.9. The van der Waals surface area contributed by atoms with E-state index in [1.165, 1.54) is 5.56 Å². The Bertz CT molecular complexity index is 625. The van der Waals surface area contributed by atoms with Crippen LogP contribution in [0.1, 0.15) is 32.3 Å². The second kappa shape index (κ2) is 7.54. The van der Waals surface area contributed by atoms with Crippen molar-refractivity contribution in [1.82, 2.24) is 10.2 Å². The van der Waals surface area contributed by atoms with E-state index >= 15 is 0 Å². The van der Waals surface area contributed by atoms with E-state index in [-0.39, 0.29) is 5.91 Å². The highest BCUT2D eigenvalue weighted by Crippen LogP contribution is 2.24. The predicted molar refractivity (Wildman–Crippen MR) is 89.4 cm³/mol. The van der Waals surface area contributed by atoms with Crippen LogP contribution in [0.25, 0.3) is 0 Å². The molecule has 0 unspecified atom stereocenters. The third kappa shape index (κ3) is 4.04. The van der Waals surface area contributed by atoms with Gasteiger partial charge in [0.05, 0.1) is 0 Å². The van der Waals surface area contributed by atoms with Crippen LogP contribution in [0.2, 0.25) is 0 Å². The molecule has 0 radical (unpaired) electrons. The van der Waals surface area contributed by atoms with Gasteiger partial charge in [0.1, 0.15) is 0 Å². The molecule has 1 aromatic carbocycles. The number of nitrogens with zero attached hydrogens (tertiary/aromatic N) is 3. The van der Waals surface area contributed by atoms with Crippen LogP contribution in [0.4, 0.5) is 17.3 Å². The van der Waals surface area contributed by atoms with E-state index in [0.717, 1.165) is 24.5 Å². The van der Waals surface area contributed by atoms with E-state index < -0.39 is 0 Å². The van der Waals surface area contributed by atoms with E-state index in [9.17, 15) is 4.79 Å². The van der Waals surface area contributed by atoms with Crippen molar-refractivity contribution in [3.63, 3.8) is 0 Å². The highest BCUT2D eigenvalue weighted by molar-refractivity contribution is 5.89. The number of hydrogen-bond donors (Lipinski definition) is 1. The molecule has 22 heavy (non-hydrogen) atoms. The van der Waals surface area contributed by atoms with Crippen LogP contribution in [-0.2, 0) is 4.79 Å². The van der Waals surface area contributed by atoms with E-state index in [2.05, 4.69) is 52.5 Å². The summed E-state index contributed by atoms with van der Waals surface area (Å²) in [6, 6.07) is 11.9. The lowest BCUT2D eigenvalue weighted by Gasteiger charge is -2.22. The number of amides is 1. The molecular weight excluding hydrogens is 276 g/mol. The summed E-state index contributed by atoms with van der Waals surface area (Å²) in [5.74, 6) is 1.22. The van der Waals surface area contributed by atoms with Crippen LogP contribution >= 0.6 is 0 Å². The minimum atomic E-state index is -0.0319. The Morgan fingerprint density at radius 2 is 2.00 bits per heavy atom. The van der Waals surface area contributed by atoms with Gasteiger partial charge in [-0.15, -0.1) is 10.2 Å². The van der Waals surface area contributed by atoms with E-state index in [1.54, 1.807) is 6.07 Å². The zero-order chi connectivity index (χ0) is 15.9. The summed E-state index contributed by atoms with van der Waals surface area (Å²) in [5.41, 5.74) is 2.28. The van der Waals surface area contributed by atoms with Crippen molar-refractivity contribution in [2.24, 2.45) is 0 Å². The van der Waals surface area contributed by atoms with Gasteiger partial charge < -0.3 is 10.2 Å². The molecule has 1 aromatic heterocycles. The first-order valence-corrected chi connectivity index (χ1v) is 7.61. The Balaban J connectivity index is 2.15. The lowest BCUT2D eigenvalue weighted by atomic mass is 10.2. The molecule has 0 aliphatic carbocycles. The Morgan fingerprint density at radius 1 is 1.18 bits per heavy atom. The van der Waals surface area contributed by atoms with Crippen LogP contribution in [0.15, 0.2) is 36.4 Å². The smallest absolute Gasteiger partial charge is 0.225 e. The van der Waals surface area contributed by atoms with Crippen LogP contribution in [-0.4, -0.2) is 22.6 Å². The average Bonchev–Trinajstić information content (AvgIpc) is 2.50. The Morgan fingerprint density at radius 3 is 2.59 bits per heavy atom. The number of hydrogen-bond acceptors (Lipinski definition) is 4. The number of carbonyl (C=O) groups excluding carboxylic acids is 1. The van der Waals surface area contributed by atoms with Crippen molar-refractivity contribution in [3.8, 4) is 0 Å². The van der Waals surface area contributed by atoms with Gasteiger partial charge in [-0.25, -0.2) is 0 Å². The zero-order valence-corrected chi connectivity index (χ0v) is 13.3. The van der Waals surface area contributed by atoms with Gasteiger partial charge in [-0.2, -0.15) is 0 Å². The molecule has 2 rings (SSSR count). The Labute approximate surface area is 131 Å². The first-order chi connectivity index (χ1) is 10.6. The second-order valence-electron chi connectivity index (χ2n) is 5.16. The molecule has 2 aromatic rings. The molecule has 1 amide bonds. The van der Waals surface area contributed by atoms with Gasteiger partial charge >= 0.3 is 0 Å². The van der Waals surface area contributed by atoms with Gasteiger partial charge in [-0.1, -0.05) is 19.1 Å². The summed E-state index contributed by atoms with van der Waals surface area (Å²) in [5, 5.41) is 11.1. The van der Waals surface area contributed by atoms with E-state index in [1.807, 2.05) is 19.1 Å². The second-order valence-corrected chi connectivity index (χ2v) is 5.16. The molecule has 0 bridgehead atoms. The summed E-state index contributed by atoms with van der Waals surface area (Å²) in [4.78, 5) is 13.6. The van der Waals surface area contributed by atoms with Gasteiger partial charge in [0, 0.05) is 18.7 Å². The number of aromatic nitrogens is 2. The Kier molecular flexibility index (Phi) is 5.47. The highest BCUT2D eigenvalue weighted by atomic mass is 16.1. The van der Waals surface area contributed by atoms with Crippen molar-refractivity contribution in [1.29, 1.82) is 0 Å². The zero-order valence-electron chi connectivity index (χ0n) is 13.3. The number of benzene rings is 1. The molecule has 1 heterocycles. The fourth-order valence-corrected chi connectivity index (χ4v) is 2.24. The quantitative estimate of drug-likeness (QED) is 0.883. The van der Waals surface area contributed by atoms with Crippen LogP contribution in [0.5, 0.6) is 0 Å². The van der Waals surface area contributed by atoms with Crippen molar-refractivity contribution in [2.45, 2.75) is 33.6 Å². The minimum Gasteiger partial charge on any atom is -0.325 e. The lowest BCUT2D eigenvalue weighted by Crippen LogP contribution is -2.18. The van der Waals surface area contributed by atoms with Crippen LogP contribution in [0, 0.1) is 6.92 Å².